The largest absolute Gasteiger partial charge is 0.468 e. The van der Waals surface area contributed by atoms with Gasteiger partial charge in [-0.25, -0.2) is 9.59 Å². The van der Waals surface area contributed by atoms with Gasteiger partial charge >= 0.3 is 18.1 Å². The summed E-state index contributed by atoms with van der Waals surface area (Å²) in [6.07, 6.45) is 7.08. The number of imide groups is 1. The predicted octanol–water partition coefficient (Wildman–Crippen LogP) is 1.98. The molecule has 0 aromatic carbocycles. The van der Waals surface area contributed by atoms with Crippen LogP contribution in [0, 0.1) is 5.41 Å². The molecule has 0 spiro atoms. The van der Waals surface area contributed by atoms with Gasteiger partial charge in [-0.3, -0.25) is 5.41 Å². The van der Waals surface area contributed by atoms with Crippen LogP contribution in [0.15, 0.2) is 0 Å². The molecule has 0 aliphatic heterocycles. The van der Waals surface area contributed by atoms with Crippen molar-refractivity contribution < 1.29 is 14.3 Å². The van der Waals surface area contributed by atoms with E-state index < -0.39 is 18.1 Å². The van der Waals surface area contributed by atoms with Gasteiger partial charge in [0.1, 0.15) is 0 Å². The highest BCUT2D eigenvalue weighted by atomic mass is 32.2. The van der Waals surface area contributed by atoms with E-state index in [-0.39, 0.29) is 6.04 Å². The first-order chi connectivity index (χ1) is 10.1. The molecule has 8 heteroatoms. The molecular formula is C13H24N4O3S. The molecule has 7 nitrogen and oxygen atoms in total. The van der Waals surface area contributed by atoms with Crippen molar-refractivity contribution in [1.82, 2.24) is 15.5 Å². The van der Waals surface area contributed by atoms with Crippen molar-refractivity contribution in [2.24, 2.45) is 0 Å². The molecule has 0 radical (unpaired) electrons. The molecule has 1 aliphatic rings. The highest BCUT2D eigenvalue weighted by molar-refractivity contribution is 7.98. The zero-order valence-corrected chi connectivity index (χ0v) is 13.4. The Kier molecular flexibility index (Phi) is 7.96. The van der Waals surface area contributed by atoms with Crippen LogP contribution in [0.2, 0.25) is 0 Å². The number of carbonyl (C=O) groups excluding carboxylic acids is 2. The Balaban J connectivity index is 2.60. The number of amidine groups is 1. The first-order valence-corrected chi connectivity index (χ1v) is 8.49. The number of hydrogen-bond donors (Lipinski definition) is 3. The maximum atomic E-state index is 12.2. The van der Waals surface area contributed by atoms with Gasteiger partial charge < -0.3 is 15.4 Å². The molecule has 1 aliphatic carbocycles. The van der Waals surface area contributed by atoms with Crippen LogP contribution in [0.5, 0.6) is 0 Å². The third kappa shape index (κ3) is 5.82. The zero-order valence-electron chi connectivity index (χ0n) is 12.6. The summed E-state index contributed by atoms with van der Waals surface area (Å²) in [6, 6.07) is -1.65. The molecule has 1 saturated carbocycles. The molecule has 0 aromatic rings. The lowest BCUT2D eigenvalue weighted by molar-refractivity contribution is 0.190. The fraction of sp³-hybridized carbons (Fsp3) is 0.769. The second-order valence-electron chi connectivity index (χ2n) is 4.85. The van der Waals surface area contributed by atoms with Gasteiger partial charge in [-0.15, -0.1) is 0 Å². The van der Waals surface area contributed by atoms with Crippen molar-refractivity contribution in [3.8, 4) is 0 Å². The average Bonchev–Trinajstić information content (AvgIpc) is 2.48. The number of hydrogen-bond acceptors (Lipinski definition) is 5. The summed E-state index contributed by atoms with van der Waals surface area (Å²) in [7, 11) is 1.26. The van der Waals surface area contributed by atoms with E-state index >= 15 is 0 Å². The van der Waals surface area contributed by atoms with Crippen LogP contribution >= 0.6 is 11.8 Å². The van der Waals surface area contributed by atoms with E-state index in [1.165, 1.54) is 13.5 Å². The van der Waals surface area contributed by atoms with Crippen LogP contribution in [0.4, 0.5) is 9.59 Å². The van der Waals surface area contributed by atoms with Gasteiger partial charge in [0.15, 0.2) is 0 Å². The third-order valence-electron chi connectivity index (χ3n) is 3.32. The van der Waals surface area contributed by atoms with Crippen LogP contribution < -0.4 is 10.6 Å². The van der Waals surface area contributed by atoms with E-state index in [1.807, 2.05) is 6.26 Å². The molecule has 120 valence electrons. The van der Waals surface area contributed by atoms with E-state index in [0.29, 0.717) is 11.4 Å². The van der Waals surface area contributed by atoms with Crippen LogP contribution in [-0.2, 0) is 4.74 Å². The minimum atomic E-state index is -0.635. The maximum Gasteiger partial charge on any atom is 0.334 e. The number of nitrogens with zero attached hydrogens (tertiary/aromatic N) is 1. The van der Waals surface area contributed by atoms with Gasteiger partial charge in [-0.1, -0.05) is 19.3 Å². The highest BCUT2D eigenvalue weighted by Gasteiger charge is 2.28. The first-order valence-electron chi connectivity index (χ1n) is 7.10. The fourth-order valence-electron chi connectivity index (χ4n) is 2.19. The Labute approximate surface area is 129 Å². The second-order valence-corrected chi connectivity index (χ2v) is 5.84. The number of thioether (sulfide) groups is 1. The topological polar surface area (TPSA) is 94.5 Å². The van der Waals surface area contributed by atoms with E-state index in [4.69, 9.17) is 10.1 Å². The summed E-state index contributed by atoms with van der Waals surface area (Å²) in [5, 5.41) is 13.0. The molecule has 4 amide bonds. The van der Waals surface area contributed by atoms with E-state index in [1.54, 1.807) is 11.8 Å². The molecule has 0 aromatic heterocycles. The number of rotatable bonds is 4. The second kappa shape index (κ2) is 9.49. The number of carbonyl (C=O) groups is 2. The maximum absolute atomic E-state index is 12.2. The summed E-state index contributed by atoms with van der Waals surface area (Å²) in [6.45, 7) is 0.435. The van der Waals surface area contributed by atoms with Gasteiger partial charge in [0.25, 0.3) is 0 Å². The van der Waals surface area contributed by atoms with Gasteiger partial charge in [0.2, 0.25) is 0 Å². The molecule has 0 saturated heterocycles. The number of ether oxygens (including phenoxy) is 1. The average molecular weight is 316 g/mol. The zero-order chi connectivity index (χ0) is 15.7. The Morgan fingerprint density at radius 1 is 1.29 bits per heavy atom. The molecule has 1 fully saturated rings. The fourth-order valence-corrected chi connectivity index (χ4v) is 2.50. The normalized spacial score (nSPS) is 15.1. The predicted molar refractivity (Wildman–Crippen MR) is 83.8 cm³/mol. The smallest absolute Gasteiger partial charge is 0.334 e. The van der Waals surface area contributed by atoms with Crippen molar-refractivity contribution in [3.05, 3.63) is 0 Å². The molecule has 3 N–H and O–H groups in total. The quantitative estimate of drug-likeness (QED) is 0.420. The molecule has 0 atom stereocenters. The van der Waals surface area contributed by atoms with Crippen LogP contribution in [0.3, 0.4) is 0 Å². The van der Waals surface area contributed by atoms with Crippen LogP contribution in [0.25, 0.3) is 0 Å². The monoisotopic (exact) mass is 316 g/mol. The molecule has 1 rings (SSSR count). The van der Waals surface area contributed by atoms with E-state index in [2.05, 4.69) is 10.6 Å². The van der Waals surface area contributed by atoms with Crippen LogP contribution in [0.1, 0.15) is 32.1 Å². The van der Waals surface area contributed by atoms with Gasteiger partial charge in [0.05, 0.1) is 7.11 Å². The van der Waals surface area contributed by atoms with Gasteiger partial charge in [-0.2, -0.15) is 16.7 Å². The van der Waals surface area contributed by atoms with Crippen molar-refractivity contribution in [2.45, 2.75) is 38.1 Å². The lowest BCUT2D eigenvalue weighted by atomic mass is 9.96. The Hall–Kier alpha value is -1.44. The Bertz CT molecular complexity index is 372. The number of amides is 4. The number of methoxy groups -OCH3 is 1. The lowest BCUT2D eigenvalue weighted by Gasteiger charge is -2.26. The van der Waals surface area contributed by atoms with Crippen molar-refractivity contribution in [3.63, 3.8) is 0 Å². The number of nitrogens with one attached hydrogen (secondary N) is 3. The Morgan fingerprint density at radius 2 is 1.95 bits per heavy atom. The molecule has 0 unspecified atom stereocenters. The summed E-state index contributed by atoms with van der Waals surface area (Å²) in [5.74, 6) is 0.740. The minimum absolute atomic E-state index is 0.0670. The van der Waals surface area contributed by atoms with E-state index in [0.717, 1.165) is 31.4 Å². The van der Waals surface area contributed by atoms with E-state index in [9.17, 15) is 9.59 Å². The molecule has 21 heavy (non-hydrogen) atoms. The van der Waals surface area contributed by atoms with Crippen LogP contribution in [-0.4, -0.2) is 54.7 Å². The first kappa shape index (κ1) is 17.6. The molecule has 0 heterocycles. The summed E-state index contributed by atoms with van der Waals surface area (Å²) < 4.78 is 4.73. The standard InChI is InChI=1S/C13H24N4O3S/c1-20-11(14)17(12(18)15-8-9-21-2)13(19)16-10-6-4-3-5-7-10/h10,14H,3-9H2,1-2H3,(H,15,18)(H,16,19). The highest BCUT2D eigenvalue weighted by Crippen LogP contribution is 2.17. The number of urea groups is 2. The van der Waals surface area contributed by atoms with Gasteiger partial charge in [0, 0.05) is 18.3 Å². The minimum Gasteiger partial charge on any atom is -0.468 e. The van der Waals surface area contributed by atoms with Gasteiger partial charge in [-0.05, 0) is 19.1 Å². The van der Waals surface area contributed by atoms with Crippen molar-refractivity contribution >= 4 is 29.8 Å². The summed E-state index contributed by atoms with van der Waals surface area (Å²) in [4.78, 5) is 24.9. The summed E-state index contributed by atoms with van der Waals surface area (Å²) >= 11 is 1.59. The lowest BCUT2D eigenvalue weighted by Crippen LogP contribution is -2.54. The SMILES string of the molecule is COC(=N)N(C(=O)NCCSC)C(=O)NC1CCCCC1. The molecule has 0 bridgehead atoms. The summed E-state index contributed by atoms with van der Waals surface area (Å²) in [5.41, 5.74) is 0. The Morgan fingerprint density at radius 3 is 2.52 bits per heavy atom. The van der Waals surface area contributed by atoms with Crippen molar-refractivity contribution in [2.75, 3.05) is 25.7 Å². The third-order valence-corrected chi connectivity index (χ3v) is 3.93. The van der Waals surface area contributed by atoms with Crippen molar-refractivity contribution in [1.29, 1.82) is 5.41 Å². The molecular weight excluding hydrogens is 292 g/mol.